The van der Waals surface area contributed by atoms with Crippen LogP contribution in [0.2, 0.25) is 0 Å². The number of benzene rings is 1. The van der Waals surface area contributed by atoms with Crippen molar-refractivity contribution in [3.05, 3.63) is 27.1 Å². The molecule has 0 aliphatic carbocycles. The van der Waals surface area contributed by atoms with Crippen molar-refractivity contribution in [2.24, 2.45) is 0 Å². The molecule has 0 radical (unpaired) electrons. The highest BCUT2D eigenvalue weighted by molar-refractivity contribution is 14.1. The van der Waals surface area contributed by atoms with E-state index in [1.54, 1.807) is 0 Å². The third-order valence-electron chi connectivity index (χ3n) is 1.16. The summed E-state index contributed by atoms with van der Waals surface area (Å²) in [5.41, 5.74) is 0.270. The van der Waals surface area contributed by atoms with E-state index in [9.17, 15) is 4.39 Å². The van der Waals surface area contributed by atoms with Crippen molar-refractivity contribution in [2.75, 3.05) is 0 Å². The Morgan fingerprint density at radius 3 is 2.73 bits per heavy atom. The quantitative estimate of drug-likeness (QED) is 0.572. The van der Waals surface area contributed by atoms with Crippen LogP contribution in [0, 0.1) is 20.7 Å². The molecule has 0 fully saturated rings. The van der Waals surface area contributed by atoms with Crippen LogP contribution in [0.4, 0.5) is 4.39 Å². The van der Waals surface area contributed by atoms with Crippen molar-refractivity contribution in [1.82, 2.24) is 0 Å². The lowest BCUT2D eigenvalue weighted by atomic mass is 10.2. The normalized spacial score (nSPS) is 9.27. The van der Waals surface area contributed by atoms with Crippen molar-refractivity contribution in [3.8, 4) is 6.07 Å². The van der Waals surface area contributed by atoms with Gasteiger partial charge in [-0.1, -0.05) is 0 Å². The number of hydrogen-bond acceptors (Lipinski definition) is 2. The van der Waals surface area contributed by atoms with Gasteiger partial charge < -0.3 is 0 Å². The zero-order valence-electron chi connectivity index (χ0n) is 5.31. The smallest absolute Gasteiger partial charge is 0.137 e. The van der Waals surface area contributed by atoms with E-state index in [4.69, 9.17) is 5.26 Å². The number of thiol groups is 1. The van der Waals surface area contributed by atoms with Crippen LogP contribution < -0.4 is 0 Å². The SMILES string of the molecule is N#Cc1cc(F)c(I)cc1S. The Bertz CT molecular complexity index is 332. The minimum Gasteiger partial charge on any atom is -0.206 e. The zero-order chi connectivity index (χ0) is 8.43. The molecular weight excluding hydrogens is 276 g/mol. The molecule has 4 heteroatoms. The van der Waals surface area contributed by atoms with Gasteiger partial charge in [-0.15, -0.1) is 12.6 Å². The maximum absolute atomic E-state index is 12.8. The fourth-order valence-electron chi connectivity index (χ4n) is 0.626. The average molecular weight is 279 g/mol. The van der Waals surface area contributed by atoms with Gasteiger partial charge in [-0.25, -0.2) is 4.39 Å². The second kappa shape index (κ2) is 3.41. The molecule has 56 valence electrons. The molecule has 0 aromatic heterocycles. The van der Waals surface area contributed by atoms with Crippen LogP contribution in [0.3, 0.4) is 0 Å². The first-order chi connectivity index (χ1) is 5.15. The van der Waals surface area contributed by atoms with E-state index in [-0.39, 0.29) is 11.4 Å². The first-order valence-electron chi connectivity index (χ1n) is 2.73. The van der Waals surface area contributed by atoms with E-state index in [1.807, 2.05) is 28.7 Å². The Morgan fingerprint density at radius 2 is 2.18 bits per heavy atom. The van der Waals surface area contributed by atoms with Gasteiger partial charge in [0.25, 0.3) is 0 Å². The first-order valence-corrected chi connectivity index (χ1v) is 4.26. The summed E-state index contributed by atoms with van der Waals surface area (Å²) in [4.78, 5) is 0.512. The Kier molecular flexibility index (Phi) is 2.73. The van der Waals surface area contributed by atoms with Crippen molar-refractivity contribution in [1.29, 1.82) is 5.26 Å². The maximum Gasteiger partial charge on any atom is 0.137 e. The molecule has 0 aliphatic rings. The van der Waals surface area contributed by atoms with Crippen molar-refractivity contribution in [3.63, 3.8) is 0 Å². The van der Waals surface area contributed by atoms with Gasteiger partial charge in [0, 0.05) is 8.47 Å². The lowest BCUT2D eigenvalue weighted by Crippen LogP contribution is -1.85. The van der Waals surface area contributed by atoms with Gasteiger partial charge in [-0.3, -0.25) is 0 Å². The molecule has 1 aromatic rings. The van der Waals surface area contributed by atoms with Gasteiger partial charge in [-0.05, 0) is 34.7 Å². The molecule has 1 aromatic carbocycles. The van der Waals surface area contributed by atoms with Crippen LogP contribution in [-0.4, -0.2) is 0 Å². The number of rotatable bonds is 0. The molecule has 0 unspecified atom stereocenters. The fraction of sp³-hybridized carbons (Fsp3) is 0. The third-order valence-corrected chi connectivity index (χ3v) is 2.36. The molecule has 0 atom stereocenters. The molecule has 0 aliphatic heterocycles. The molecule has 0 N–H and O–H groups in total. The fourth-order valence-corrected chi connectivity index (χ4v) is 1.58. The number of halogens is 2. The Labute approximate surface area is 82.8 Å². The standard InChI is InChI=1S/C7H3FINS/c8-5-1-4(3-10)7(11)2-6(5)9/h1-2,11H. The highest BCUT2D eigenvalue weighted by atomic mass is 127. The predicted octanol–water partition coefficient (Wildman–Crippen LogP) is 2.59. The summed E-state index contributed by atoms with van der Waals surface area (Å²) in [6.45, 7) is 0. The molecule has 1 rings (SSSR count). The summed E-state index contributed by atoms with van der Waals surface area (Å²) < 4.78 is 13.2. The van der Waals surface area contributed by atoms with Gasteiger partial charge in [0.05, 0.1) is 5.56 Å². The molecule has 0 heterocycles. The topological polar surface area (TPSA) is 23.8 Å². The summed E-state index contributed by atoms with van der Waals surface area (Å²) in [5.74, 6) is -0.375. The molecule has 0 saturated heterocycles. The number of nitriles is 1. The largest absolute Gasteiger partial charge is 0.206 e. The lowest BCUT2D eigenvalue weighted by Gasteiger charge is -1.97. The van der Waals surface area contributed by atoms with Crippen LogP contribution in [0.25, 0.3) is 0 Å². The van der Waals surface area contributed by atoms with E-state index in [0.717, 1.165) is 0 Å². The molecule has 0 bridgehead atoms. The number of hydrogen-bond donors (Lipinski definition) is 1. The molecular formula is C7H3FINS. The van der Waals surface area contributed by atoms with Crippen LogP contribution >= 0.6 is 35.2 Å². The molecule has 0 saturated carbocycles. The predicted molar refractivity (Wildman–Crippen MR) is 51.1 cm³/mol. The minimum atomic E-state index is -0.375. The first kappa shape index (κ1) is 8.81. The average Bonchev–Trinajstić information content (AvgIpc) is 1.97. The van der Waals surface area contributed by atoms with Gasteiger partial charge in [0.15, 0.2) is 0 Å². The Morgan fingerprint density at radius 1 is 1.55 bits per heavy atom. The minimum absolute atomic E-state index is 0.270. The Hall–Kier alpha value is -0.280. The second-order valence-electron chi connectivity index (χ2n) is 1.90. The molecule has 1 nitrogen and oxygen atoms in total. The summed E-state index contributed by atoms with van der Waals surface area (Å²) in [7, 11) is 0. The van der Waals surface area contributed by atoms with Crippen LogP contribution in [0.15, 0.2) is 17.0 Å². The van der Waals surface area contributed by atoms with Crippen LogP contribution in [0.5, 0.6) is 0 Å². The van der Waals surface area contributed by atoms with Gasteiger partial charge in [-0.2, -0.15) is 5.26 Å². The monoisotopic (exact) mass is 279 g/mol. The van der Waals surface area contributed by atoms with Crippen LogP contribution in [0.1, 0.15) is 5.56 Å². The van der Waals surface area contributed by atoms with E-state index in [2.05, 4.69) is 12.6 Å². The molecule has 0 spiro atoms. The van der Waals surface area contributed by atoms with Crippen molar-refractivity contribution < 1.29 is 4.39 Å². The highest BCUT2D eigenvalue weighted by Gasteiger charge is 2.03. The van der Waals surface area contributed by atoms with Gasteiger partial charge in [0.2, 0.25) is 0 Å². The van der Waals surface area contributed by atoms with Crippen LogP contribution in [-0.2, 0) is 0 Å². The lowest BCUT2D eigenvalue weighted by molar-refractivity contribution is 0.618. The van der Waals surface area contributed by atoms with Crippen molar-refractivity contribution >= 4 is 35.2 Å². The van der Waals surface area contributed by atoms with E-state index < -0.39 is 0 Å². The summed E-state index contributed by atoms with van der Waals surface area (Å²) in [5, 5.41) is 8.47. The second-order valence-corrected chi connectivity index (χ2v) is 3.54. The maximum atomic E-state index is 12.8. The van der Waals surface area contributed by atoms with Gasteiger partial charge in [0.1, 0.15) is 11.9 Å². The third kappa shape index (κ3) is 1.84. The summed E-state index contributed by atoms with van der Waals surface area (Å²) >= 11 is 5.85. The van der Waals surface area contributed by atoms with E-state index in [1.165, 1.54) is 12.1 Å². The molecule has 11 heavy (non-hydrogen) atoms. The van der Waals surface area contributed by atoms with E-state index >= 15 is 0 Å². The summed E-state index contributed by atoms with van der Waals surface area (Å²) in [6, 6.07) is 4.55. The zero-order valence-corrected chi connectivity index (χ0v) is 8.36. The highest BCUT2D eigenvalue weighted by Crippen LogP contribution is 2.19. The summed E-state index contributed by atoms with van der Waals surface area (Å²) in [6.07, 6.45) is 0. The van der Waals surface area contributed by atoms with Gasteiger partial charge >= 0.3 is 0 Å². The van der Waals surface area contributed by atoms with Crippen molar-refractivity contribution in [2.45, 2.75) is 4.90 Å². The Balaban J connectivity index is 3.35. The number of nitrogens with zero attached hydrogens (tertiary/aromatic N) is 1. The van der Waals surface area contributed by atoms with E-state index in [0.29, 0.717) is 8.47 Å². The molecule has 0 amide bonds.